The topological polar surface area (TPSA) is 58.6 Å². The molecule has 1 amide bonds. The second kappa shape index (κ2) is 7.09. The van der Waals surface area contributed by atoms with Gasteiger partial charge in [-0.05, 0) is 66.7 Å². The van der Waals surface area contributed by atoms with Crippen molar-refractivity contribution in [2.45, 2.75) is 84.6 Å². The third-order valence-corrected chi connectivity index (χ3v) is 6.12. The Morgan fingerprint density at radius 2 is 1.65 bits per heavy atom. The molecule has 0 radical (unpaired) electrons. The van der Waals surface area contributed by atoms with Crippen LogP contribution in [-0.4, -0.2) is 44.7 Å². The quantitative estimate of drug-likeness (QED) is 0.851. The van der Waals surface area contributed by atoms with Crippen LogP contribution in [0.1, 0.15) is 68.2 Å². The molecule has 0 aromatic carbocycles. The van der Waals surface area contributed by atoms with Crippen molar-refractivity contribution in [3.05, 3.63) is 0 Å². The Morgan fingerprint density at radius 1 is 1.17 bits per heavy atom. The van der Waals surface area contributed by atoms with Gasteiger partial charge in [0.05, 0.1) is 15.7 Å². The zero-order valence-corrected chi connectivity index (χ0v) is 16.8. The molecule has 1 saturated heterocycles. The highest BCUT2D eigenvalue weighted by Gasteiger charge is 2.38. The molecule has 0 aromatic rings. The van der Waals surface area contributed by atoms with Crippen molar-refractivity contribution in [3.8, 4) is 0 Å². The summed E-state index contributed by atoms with van der Waals surface area (Å²) >= 11 is 0. The maximum atomic E-state index is 12.3. The van der Waals surface area contributed by atoms with Gasteiger partial charge in [-0.1, -0.05) is 6.92 Å². The van der Waals surface area contributed by atoms with Crippen LogP contribution in [0.25, 0.3) is 0 Å². The number of ether oxygens (including phenoxy) is 1. The predicted molar refractivity (Wildman–Crippen MR) is 95.6 cm³/mol. The lowest BCUT2D eigenvalue weighted by atomic mass is 9.75. The summed E-state index contributed by atoms with van der Waals surface area (Å²) in [5.74, 6) is 0. The third-order valence-electron chi connectivity index (χ3n) is 4.44. The highest BCUT2D eigenvalue weighted by atomic mass is 32.2. The SMILES string of the molecule is CC(NS(=O)C(C)(C)C)C1(C)CCN(C(=O)OC(C)(C)C)CC1. The monoisotopic (exact) mass is 346 g/mol. The summed E-state index contributed by atoms with van der Waals surface area (Å²) in [5.41, 5.74) is -0.435. The van der Waals surface area contributed by atoms with Crippen molar-refractivity contribution in [1.29, 1.82) is 0 Å². The lowest BCUT2D eigenvalue weighted by Crippen LogP contribution is -2.52. The lowest BCUT2D eigenvalue weighted by Gasteiger charge is -2.43. The highest BCUT2D eigenvalue weighted by Crippen LogP contribution is 2.35. The number of rotatable bonds is 3. The molecule has 0 saturated carbocycles. The van der Waals surface area contributed by atoms with Crippen LogP contribution in [0.2, 0.25) is 0 Å². The molecule has 1 fully saturated rings. The van der Waals surface area contributed by atoms with Crippen LogP contribution < -0.4 is 4.72 Å². The average molecular weight is 347 g/mol. The zero-order chi connectivity index (χ0) is 18.1. The largest absolute Gasteiger partial charge is 0.444 e. The van der Waals surface area contributed by atoms with Gasteiger partial charge in [0.15, 0.2) is 0 Å². The molecule has 2 unspecified atom stereocenters. The molecule has 136 valence electrons. The van der Waals surface area contributed by atoms with Gasteiger partial charge < -0.3 is 9.64 Å². The summed E-state index contributed by atoms with van der Waals surface area (Å²) in [6, 6.07) is 0.128. The van der Waals surface area contributed by atoms with Gasteiger partial charge in [0.25, 0.3) is 0 Å². The summed E-state index contributed by atoms with van der Waals surface area (Å²) in [6.07, 6.45) is 1.52. The van der Waals surface area contributed by atoms with Crippen LogP contribution in [0.15, 0.2) is 0 Å². The molecule has 1 rings (SSSR count). The number of hydrogen-bond acceptors (Lipinski definition) is 3. The van der Waals surface area contributed by atoms with Crippen molar-refractivity contribution in [2.24, 2.45) is 5.41 Å². The predicted octanol–water partition coefficient (Wildman–Crippen LogP) is 3.46. The van der Waals surface area contributed by atoms with Gasteiger partial charge in [0.2, 0.25) is 0 Å². The van der Waals surface area contributed by atoms with Crippen molar-refractivity contribution in [3.63, 3.8) is 0 Å². The Bertz CT molecular complexity index is 444. The Hall–Kier alpha value is -0.620. The molecule has 0 spiro atoms. The number of nitrogens with one attached hydrogen (secondary N) is 1. The van der Waals surface area contributed by atoms with Crippen molar-refractivity contribution in [2.75, 3.05) is 13.1 Å². The molecule has 1 heterocycles. The van der Waals surface area contributed by atoms with Crippen molar-refractivity contribution < 1.29 is 13.7 Å². The minimum atomic E-state index is -1.08. The zero-order valence-electron chi connectivity index (χ0n) is 16.0. The minimum absolute atomic E-state index is 0.0272. The molecular formula is C17H34N2O3S. The minimum Gasteiger partial charge on any atom is -0.444 e. The average Bonchev–Trinajstić information content (AvgIpc) is 2.36. The van der Waals surface area contributed by atoms with E-state index in [-0.39, 0.29) is 22.3 Å². The molecule has 0 bridgehead atoms. The fraction of sp³-hybridized carbons (Fsp3) is 0.941. The smallest absolute Gasteiger partial charge is 0.410 e. The fourth-order valence-electron chi connectivity index (χ4n) is 2.44. The number of hydrogen-bond donors (Lipinski definition) is 1. The van der Waals surface area contributed by atoms with Gasteiger partial charge in [-0.15, -0.1) is 0 Å². The van der Waals surface area contributed by atoms with Gasteiger partial charge in [0.1, 0.15) is 5.60 Å². The van der Waals surface area contributed by atoms with E-state index < -0.39 is 16.6 Å². The van der Waals surface area contributed by atoms with E-state index in [1.807, 2.05) is 41.5 Å². The lowest BCUT2D eigenvalue weighted by molar-refractivity contribution is 0.00906. The first-order chi connectivity index (χ1) is 10.2. The summed E-state index contributed by atoms with van der Waals surface area (Å²) in [5, 5.41) is 0. The molecule has 5 nitrogen and oxygen atoms in total. The first kappa shape index (κ1) is 20.4. The fourth-order valence-corrected chi connectivity index (χ4v) is 3.40. The van der Waals surface area contributed by atoms with Crippen molar-refractivity contribution >= 4 is 17.1 Å². The van der Waals surface area contributed by atoms with Crippen LogP contribution in [0.4, 0.5) is 4.79 Å². The van der Waals surface area contributed by atoms with Gasteiger partial charge in [0, 0.05) is 19.1 Å². The number of carbonyl (C=O) groups excluding carboxylic acids is 1. The van der Waals surface area contributed by atoms with Crippen LogP contribution in [0.3, 0.4) is 0 Å². The second-order valence-electron chi connectivity index (χ2n) is 8.84. The van der Waals surface area contributed by atoms with Crippen LogP contribution in [0, 0.1) is 5.41 Å². The van der Waals surface area contributed by atoms with E-state index in [0.29, 0.717) is 13.1 Å². The Morgan fingerprint density at radius 3 is 2.04 bits per heavy atom. The maximum Gasteiger partial charge on any atom is 0.410 e. The van der Waals surface area contributed by atoms with Gasteiger partial charge >= 0.3 is 6.09 Å². The van der Waals surface area contributed by atoms with Gasteiger partial charge in [-0.2, -0.15) is 0 Å². The molecular weight excluding hydrogens is 312 g/mol. The van der Waals surface area contributed by atoms with Crippen LogP contribution in [-0.2, 0) is 15.7 Å². The van der Waals surface area contributed by atoms with Crippen LogP contribution >= 0.6 is 0 Å². The van der Waals surface area contributed by atoms with E-state index in [2.05, 4.69) is 18.6 Å². The van der Waals surface area contributed by atoms with E-state index in [1.165, 1.54) is 0 Å². The number of piperidine rings is 1. The molecule has 1 aliphatic heterocycles. The van der Waals surface area contributed by atoms with E-state index >= 15 is 0 Å². The first-order valence-electron chi connectivity index (χ1n) is 8.41. The van der Waals surface area contributed by atoms with E-state index in [1.54, 1.807) is 4.90 Å². The summed E-state index contributed by atoms with van der Waals surface area (Å²) < 4.78 is 20.7. The number of nitrogens with zero attached hydrogens (tertiary/aromatic N) is 1. The third kappa shape index (κ3) is 6.07. The molecule has 23 heavy (non-hydrogen) atoms. The summed E-state index contributed by atoms with van der Waals surface area (Å²) in [6.45, 7) is 17.2. The standard InChI is InChI=1S/C17H34N2O3S/c1-13(18-23(21)16(5,6)7)17(8)9-11-19(12-10-17)14(20)22-15(2,3)4/h13,18H,9-12H2,1-8H3. The highest BCUT2D eigenvalue weighted by molar-refractivity contribution is 7.84. The van der Waals surface area contributed by atoms with Crippen LogP contribution in [0.5, 0.6) is 0 Å². The van der Waals surface area contributed by atoms with E-state index in [0.717, 1.165) is 12.8 Å². The molecule has 2 atom stereocenters. The molecule has 6 heteroatoms. The van der Waals surface area contributed by atoms with Gasteiger partial charge in [-0.3, -0.25) is 0 Å². The normalized spacial score (nSPS) is 21.7. The Balaban J connectivity index is 2.59. The van der Waals surface area contributed by atoms with E-state index in [4.69, 9.17) is 4.74 Å². The first-order valence-corrected chi connectivity index (χ1v) is 9.55. The Labute approximate surface area is 144 Å². The maximum absolute atomic E-state index is 12.3. The molecule has 1 N–H and O–H groups in total. The van der Waals surface area contributed by atoms with Gasteiger partial charge in [-0.25, -0.2) is 13.7 Å². The molecule has 1 aliphatic rings. The molecule has 0 aromatic heterocycles. The number of carbonyl (C=O) groups is 1. The van der Waals surface area contributed by atoms with Crippen molar-refractivity contribution in [1.82, 2.24) is 9.62 Å². The second-order valence-corrected chi connectivity index (χ2v) is 10.8. The summed E-state index contributed by atoms with van der Waals surface area (Å²) in [4.78, 5) is 13.9. The summed E-state index contributed by atoms with van der Waals surface area (Å²) in [7, 11) is -1.08. The van der Waals surface area contributed by atoms with E-state index in [9.17, 15) is 9.00 Å². The number of amides is 1. The molecule has 0 aliphatic carbocycles. The number of likely N-dealkylation sites (tertiary alicyclic amines) is 1. The Kier molecular flexibility index (Phi) is 6.30.